The molecule has 0 rings (SSSR count). The number of nitrogens with zero attached hydrogens (tertiary/aromatic N) is 1. The van der Waals surface area contributed by atoms with Gasteiger partial charge < -0.3 is 19.8 Å². The number of likely N-dealkylation sites (N-methyl/N-ethyl adjacent to an activating group) is 1. The van der Waals surface area contributed by atoms with E-state index in [0.717, 1.165) is 64.2 Å². The van der Waals surface area contributed by atoms with E-state index in [9.17, 15) is 19.4 Å². The maximum absolute atomic E-state index is 12.9. The number of hydrogen-bond acceptors (Lipinski definition) is 5. The van der Waals surface area contributed by atoms with E-state index in [2.05, 4.69) is 43.5 Å². The molecule has 0 aromatic carbocycles. The Labute approximate surface area is 347 Å². The van der Waals surface area contributed by atoms with Gasteiger partial charge in [-0.05, 0) is 38.5 Å². The molecular formula is C47H94N2O6P+. The predicted molar refractivity (Wildman–Crippen MR) is 240 cm³/mol. The minimum absolute atomic E-state index is 0.0724. The smallest absolute Gasteiger partial charge is 0.391 e. The highest BCUT2D eigenvalue weighted by Crippen LogP contribution is 2.43. The first-order valence-electron chi connectivity index (χ1n) is 23.7. The lowest BCUT2D eigenvalue weighted by Crippen LogP contribution is -2.46. The summed E-state index contributed by atoms with van der Waals surface area (Å²) in [6.45, 7) is 4.85. The van der Waals surface area contributed by atoms with Gasteiger partial charge in [-0.3, -0.25) is 13.8 Å². The second-order valence-corrected chi connectivity index (χ2v) is 18.9. The molecule has 3 unspecified atom stereocenters. The summed E-state index contributed by atoms with van der Waals surface area (Å²) in [6, 6.07) is -0.765. The second-order valence-electron chi connectivity index (χ2n) is 17.5. The lowest BCUT2D eigenvalue weighted by Gasteiger charge is -2.26. The van der Waals surface area contributed by atoms with Gasteiger partial charge in [0, 0.05) is 6.42 Å². The Bertz CT molecular complexity index is 969. The zero-order valence-electron chi connectivity index (χ0n) is 37.6. The number of unbranched alkanes of at least 4 members (excludes halogenated alkanes) is 26. The lowest BCUT2D eigenvalue weighted by molar-refractivity contribution is -0.870. The standard InChI is InChI=1S/C47H93N2O6P/c1-6-8-10-12-14-16-18-20-22-23-24-25-26-27-28-30-32-34-36-38-40-46(50)45(44-55-56(52,53)54-43-42-49(3,4)5)48-47(51)41-39-37-35-33-31-29-21-19-17-15-13-11-9-7-2/h13,15,19,21,45-46,50H,6-12,14,16-18,20,22-44H2,1-5H3,(H-,48,51,52,53)/p+1/b15-13-,21-19-. The third-order valence-electron chi connectivity index (χ3n) is 10.7. The van der Waals surface area contributed by atoms with Crippen LogP contribution in [0.5, 0.6) is 0 Å². The van der Waals surface area contributed by atoms with Crippen LogP contribution in [0.1, 0.15) is 219 Å². The van der Waals surface area contributed by atoms with Gasteiger partial charge in [0.15, 0.2) is 0 Å². The van der Waals surface area contributed by atoms with Crippen molar-refractivity contribution in [2.45, 2.75) is 231 Å². The molecular weight excluding hydrogens is 719 g/mol. The minimum Gasteiger partial charge on any atom is -0.391 e. The molecule has 0 heterocycles. The van der Waals surface area contributed by atoms with Gasteiger partial charge in [-0.2, -0.15) is 0 Å². The Kier molecular flexibility index (Phi) is 38.7. The molecule has 3 N–H and O–H groups in total. The van der Waals surface area contributed by atoms with Gasteiger partial charge in [0.2, 0.25) is 5.91 Å². The number of carbonyl (C=O) groups excluding carboxylic acids is 1. The van der Waals surface area contributed by atoms with Crippen LogP contribution in [-0.4, -0.2) is 73.4 Å². The lowest BCUT2D eigenvalue weighted by atomic mass is 10.0. The third-order valence-corrected chi connectivity index (χ3v) is 11.7. The van der Waals surface area contributed by atoms with Crippen LogP contribution in [0.2, 0.25) is 0 Å². The highest BCUT2D eigenvalue weighted by atomic mass is 31.2. The SMILES string of the molecule is CCCC/C=C\C/C=C\CCCCCCCC(=O)NC(COP(=O)(O)OCC[N+](C)(C)C)C(O)CCCCCCCCCCCCCCCCCCCCCC. The number of carbonyl (C=O) groups is 1. The maximum Gasteiger partial charge on any atom is 0.472 e. The number of amides is 1. The Balaban J connectivity index is 4.30. The van der Waals surface area contributed by atoms with E-state index in [-0.39, 0.29) is 19.1 Å². The summed E-state index contributed by atoms with van der Waals surface area (Å²) in [4.78, 5) is 23.2. The molecule has 0 aliphatic rings. The third kappa shape index (κ3) is 41.2. The fourth-order valence-electron chi connectivity index (χ4n) is 6.89. The summed E-state index contributed by atoms with van der Waals surface area (Å²) in [5.41, 5.74) is 0. The van der Waals surface area contributed by atoms with E-state index in [4.69, 9.17) is 9.05 Å². The number of rotatable bonds is 43. The summed E-state index contributed by atoms with van der Waals surface area (Å²) in [5, 5.41) is 14.0. The molecule has 0 saturated heterocycles. The molecule has 0 aromatic rings. The van der Waals surface area contributed by atoms with Gasteiger partial charge in [-0.15, -0.1) is 0 Å². The van der Waals surface area contributed by atoms with Gasteiger partial charge >= 0.3 is 7.82 Å². The van der Waals surface area contributed by atoms with Crippen LogP contribution in [0.15, 0.2) is 24.3 Å². The summed E-state index contributed by atoms with van der Waals surface area (Å²) >= 11 is 0. The van der Waals surface area contributed by atoms with Crippen molar-refractivity contribution in [2.75, 3.05) is 40.9 Å². The van der Waals surface area contributed by atoms with Crippen molar-refractivity contribution in [3.05, 3.63) is 24.3 Å². The fraction of sp³-hybridized carbons (Fsp3) is 0.894. The van der Waals surface area contributed by atoms with E-state index in [0.29, 0.717) is 23.9 Å². The van der Waals surface area contributed by atoms with Crippen molar-refractivity contribution >= 4 is 13.7 Å². The van der Waals surface area contributed by atoms with Crippen molar-refractivity contribution in [2.24, 2.45) is 0 Å². The molecule has 332 valence electrons. The molecule has 0 aliphatic heterocycles. The highest BCUT2D eigenvalue weighted by Gasteiger charge is 2.28. The number of aliphatic hydroxyl groups is 1. The molecule has 8 nitrogen and oxygen atoms in total. The van der Waals surface area contributed by atoms with Gasteiger partial charge in [0.05, 0.1) is 39.9 Å². The summed E-state index contributed by atoms with van der Waals surface area (Å²) in [7, 11) is 1.61. The average molecular weight is 814 g/mol. The molecule has 0 bridgehead atoms. The first-order valence-corrected chi connectivity index (χ1v) is 25.2. The molecule has 0 saturated carbocycles. The first kappa shape index (κ1) is 55.0. The number of aliphatic hydroxyl groups excluding tert-OH is 1. The zero-order chi connectivity index (χ0) is 41.4. The van der Waals surface area contributed by atoms with Gasteiger partial charge in [0.25, 0.3) is 0 Å². The van der Waals surface area contributed by atoms with Crippen molar-refractivity contribution in [3.8, 4) is 0 Å². The summed E-state index contributed by atoms with van der Waals surface area (Å²) < 4.78 is 23.6. The van der Waals surface area contributed by atoms with Crippen LogP contribution in [-0.2, 0) is 18.4 Å². The second kappa shape index (κ2) is 39.4. The van der Waals surface area contributed by atoms with E-state index >= 15 is 0 Å². The maximum atomic E-state index is 12.9. The molecule has 1 amide bonds. The molecule has 9 heteroatoms. The van der Waals surface area contributed by atoms with E-state index in [1.165, 1.54) is 128 Å². The van der Waals surface area contributed by atoms with Gasteiger partial charge in [0.1, 0.15) is 13.2 Å². The Morgan fingerprint density at radius 2 is 1.04 bits per heavy atom. The predicted octanol–water partition coefficient (Wildman–Crippen LogP) is 13.3. The molecule has 56 heavy (non-hydrogen) atoms. The Morgan fingerprint density at radius 1 is 0.607 bits per heavy atom. The molecule has 0 spiro atoms. The van der Waals surface area contributed by atoms with E-state index in [1.54, 1.807) is 0 Å². The molecule has 0 fully saturated rings. The molecule has 3 atom stereocenters. The molecule has 0 aliphatic carbocycles. The van der Waals surface area contributed by atoms with Crippen LogP contribution in [0, 0.1) is 0 Å². The van der Waals surface area contributed by atoms with E-state index < -0.39 is 20.0 Å². The van der Waals surface area contributed by atoms with Gasteiger partial charge in [-0.1, -0.05) is 199 Å². The van der Waals surface area contributed by atoms with Crippen LogP contribution in [0.3, 0.4) is 0 Å². The quantitative estimate of drug-likeness (QED) is 0.0245. The topological polar surface area (TPSA) is 105 Å². The Hall–Kier alpha value is -1.02. The Morgan fingerprint density at radius 3 is 1.52 bits per heavy atom. The number of phosphoric acid groups is 1. The monoisotopic (exact) mass is 814 g/mol. The van der Waals surface area contributed by atoms with Crippen molar-refractivity contribution < 1.29 is 32.9 Å². The summed E-state index contributed by atoms with van der Waals surface area (Å²) in [6.07, 6.45) is 46.3. The number of nitrogens with one attached hydrogen (secondary N) is 1. The van der Waals surface area contributed by atoms with E-state index in [1.807, 2.05) is 21.1 Å². The molecule has 0 radical (unpaired) electrons. The van der Waals surface area contributed by atoms with Crippen LogP contribution >= 0.6 is 7.82 Å². The van der Waals surface area contributed by atoms with Crippen LogP contribution in [0.25, 0.3) is 0 Å². The van der Waals surface area contributed by atoms with Gasteiger partial charge in [-0.25, -0.2) is 4.57 Å². The summed E-state index contributed by atoms with van der Waals surface area (Å²) in [5.74, 6) is -0.158. The van der Waals surface area contributed by atoms with Crippen molar-refractivity contribution in [3.63, 3.8) is 0 Å². The molecule has 0 aromatic heterocycles. The minimum atomic E-state index is -4.32. The fourth-order valence-corrected chi connectivity index (χ4v) is 7.62. The van der Waals surface area contributed by atoms with Crippen LogP contribution < -0.4 is 5.32 Å². The van der Waals surface area contributed by atoms with Crippen LogP contribution in [0.4, 0.5) is 0 Å². The van der Waals surface area contributed by atoms with Crippen molar-refractivity contribution in [1.82, 2.24) is 5.32 Å². The number of quaternary nitrogens is 1. The zero-order valence-corrected chi connectivity index (χ0v) is 38.5. The highest BCUT2D eigenvalue weighted by molar-refractivity contribution is 7.47. The largest absolute Gasteiger partial charge is 0.472 e. The van der Waals surface area contributed by atoms with Crippen molar-refractivity contribution in [1.29, 1.82) is 0 Å². The first-order chi connectivity index (χ1) is 27.0. The average Bonchev–Trinajstić information content (AvgIpc) is 3.15. The number of hydrogen-bond donors (Lipinski definition) is 3. The number of allylic oxidation sites excluding steroid dienone is 4. The normalized spacial score (nSPS) is 14.5. The number of phosphoric ester groups is 1.